The van der Waals surface area contributed by atoms with E-state index in [2.05, 4.69) is 4.98 Å². The summed E-state index contributed by atoms with van der Waals surface area (Å²) in [4.78, 5) is 3.36. The molecule has 78 valence electrons. The van der Waals surface area contributed by atoms with Gasteiger partial charge in [-0.1, -0.05) is 0 Å². The summed E-state index contributed by atoms with van der Waals surface area (Å²) in [5.41, 5.74) is 9.22. The number of nitrogens with one attached hydrogen (secondary N) is 1. The fourth-order valence-corrected chi connectivity index (χ4v) is 2.56. The lowest BCUT2D eigenvalue weighted by Crippen LogP contribution is -2.09. The third-order valence-corrected chi connectivity index (χ3v) is 3.34. The lowest BCUT2D eigenvalue weighted by molar-refractivity contribution is 0.629. The van der Waals surface area contributed by atoms with Crippen molar-refractivity contribution >= 4 is 10.9 Å². The summed E-state index contributed by atoms with van der Waals surface area (Å²) >= 11 is 0. The van der Waals surface area contributed by atoms with E-state index in [0.717, 1.165) is 23.7 Å². The fourth-order valence-electron chi connectivity index (χ4n) is 2.56. The number of H-pyrrole nitrogens is 1. The molecule has 1 heterocycles. The van der Waals surface area contributed by atoms with Gasteiger partial charge in [-0.05, 0) is 36.6 Å². The minimum Gasteiger partial charge on any atom is -0.358 e. The Labute approximate surface area is 87.3 Å². The van der Waals surface area contributed by atoms with E-state index in [1.807, 2.05) is 0 Å². The Morgan fingerprint density at radius 2 is 2.33 bits per heavy atom. The minimum absolute atomic E-state index is 0.166. The summed E-state index contributed by atoms with van der Waals surface area (Å²) in [6, 6.07) is 4.91. The van der Waals surface area contributed by atoms with Gasteiger partial charge in [0.2, 0.25) is 0 Å². The number of hydrogen-bond donors (Lipinski definition) is 2. The first-order chi connectivity index (χ1) is 7.29. The van der Waals surface area contributed by atoms with Crippen molar-refractivity contribution in [1.82, 2.24) is 4.98 Å². The van der Waals surface area contributed by atoms with Gasteiger partial charge in [-0.15, -0.1) is 0 Å². The normalized spacial score (nSPS) is 19.7. The van der Waals surface area contributed by atoms with Gasteiger partial charge in [-0.3, -0.25) is 0 Å². The van der Waals surface area contributed by atoms with Crippen LogP contribution in [0, 0.1) is 5.82 Å². The SMILES string of the molecule is NCC1CCc2c1[nH]c1ccc(F)cc21. The number of rotatable bonds is 1. The molecule has 1 aromatic carbocycles. The van der Waals surface area contributed by atoms with E-state index in [4.69, 9.17) is 5.73 Å². The Kier molecular flexibility index (Phi) is 1.83. The maximum atomic E-state index is 13.1. The van der Waals surface area contributed by atoms with Crippen LogP contribution in [0.3, 0.4) is 0 Å². The molecule has 0 saturated heterocycles. The first kappa shape index (κ1) is 8.92. The van der Waals surface area contributed by atoms with Crippen molar-refractivity contribution in [3.05, 3.63) is 35.3 Å². The number of fused-ring (bicyclic) bond motifs is 3. The predicted octanol–water partition coefficient (Wildman–Crippen LogP) is 2.30. The van der Waals surface area contributed by atoms with E-state index in [-0.39, 0.29) is 5.82 Å². The van der Waals surface area contributed by atoms with Crippen molar-refractivity contribution in [1.29, 1.82) is 0 Å². The van der Waals surface area contributed by atoms with Crippen molar-refractivity contribution in [2.45, 2.75) is 18.8 Å². The number of benzene rings is 1. The standard InChI is InChI=1S/C12H13FN2/c13-8-2-4-11-10(5-8)9-3-1-7(6-14)12(9)15-11/h2,4-5,7,15H,1,3,6,14H2. The molecule has 1 aliphatic carbocycles. The molecule has 0 aliphatic heterocycles. The lowest BCUT2D eigenvalue weighted by atomic mass is 10.1. The second kappa shape index (κ2) is 3.07. The second-order valence-electron chi connectivity index (χ2n) is 4.18. The van der Waals surface area contributed by atoms with E-state index >= 15 is 0 Å². The van der Waals surface area contributed by atoms with Crippen LogP contribution in [0.1, 0.15) is 23.6 Å². The molecule has 2 aromatic rings. The first-order valence-corrected chi connectivity index (χ1v) is 5.29. The zero-order valence-corrected chi connectivity index (χ0v) is 8.39. The molecule has 1 aromatic heterocycles. The van der Waals surface area contributed by atoms with Gasteiger partial charge in [0.15, 0.2) is 0 Å². The van der Waals surface area contributed by atoms with Crippen LogP contribution in [-0.4, -0.2) is 11.5 Å². The Hall–Kier alpha value is -1.35. The van der Waals surface area contributed by atoms with Crippen LogP contribution < -0.4 is 5.73 Å². The van der Waals surface area contributed by atoms with Crippen molar-refractivity contribution in [3.8, 4) is 0 Å². The highest BCUT2D eigenvalue weighted by Gasteiger charge is 2.25. The molecule has 3 rings (SSSR count). The molecule has 0 amide bonds. The highest BCUT2D eigenvalue weighted by molar-refractivity contribution is 5.85. The van der Waals surface area contributed by atoms with Crippen molar-refractivity contribution in [2.24, 2.45) is 5.73 Å². The Bertz CT molecular complexity index is 516. The van der Waals surface area contributed by atoms with E-state index in [1.165, 1.54) is 17.3 Å². The average molecular weight is 204 g/mol. The summed E-state index contributed by atoms with van der Waals surface area (Å²) in [5.74, 6) is 0.260. The van der Waals surface area contributed by atoms with Gasteiger partial charge in [0.1, 0.15) is 5.82 Å². The molecular weight excluding hydrogens is 191 g/mol. The van der Waals surface area contributed by atoms with Gasteiger partial charge < -0.3 is 10.7 Å². The molecule has 0 bridgehead atoms. The molecule has 0 saturated carbocycles. The quantitative estimate of drug-likeness (QED) is 0.735. The number of halogens is 1. The van der Waals surface area contributed by atoms with Gasteiger partial charge in [0.25, 0.3) is 0 Å². The van der Waals surface area contributed by atoms with Crippen molar-refractivity contribution < 1.29 is 4.39 Å². The van der Waals surface area contributed by atoms with Crippen LogP contribution in [0.4, 0.5) is 4.39 Å². The van der Waals surface area contributed by atoms with Crippen LogP contribution in [0.25, 0.3) is 10.9 Å². The van der Waals surface area contributed by atoms with Gasteiger partial charge in [0.05, 0.1) is 0 Å². The molecule has 1 unspecified atom stereocenters. The Balaban J connectivity index is 2.26. The molecule has 1 atom stereocenters. The lowest BCUT2D eigenvalue weighted by Gasteiger charge is -2.04. The Morgan fingerprint density at radius 1 is 1.47 bits per heavy atom. The average Bonchev–Trinajstić information content (AvgIpc) is 2.76. The fraction of sp³-hybridized carbons (Fsp3) is 0.333. The molecule has 2 nitrogen and oxygen atoms in total. The van der Waals surface area contributed by atoms with Gasteiger partial charge in [0, 0.05) is 29.1 Å². The zero-order chi connectivity index (χ0) is 10.4. The van der Waals surface area contributed by atoms with Gasteiger partial charge >= 0.3 is 0 Å². The molecular formula is C12H13FN2. The maximum absolute atomic E-state index is 13.1. The number of aromatic amines is 1. The summed E-state index contributed by atoms with van der Waals surface area (Å²) in [5, 5.41) is 1.03. The third-order valence-electron chi connectivity index (χ3n) is 3.34. The topological polar surface area (TPSA) is 41.8 Å². The van der Waals surface area contributed by atoms with Crippen molar-refractivity contribution in [2.75, 3.05) is 6.54 Å². The third kappa shape index (κ3) is 1.20. The van der Waals surface area contributed by atoms with E-state index in [1.54, 1.807) is 12.1 Å². The van der Waals surface area contributed by atoms with Crippen LogP contribution in [0.15, 0.2) is 18.2 Å². The molecule has 0 radical (unpaired) electrons. The molecule has 3 heteroatoms. The number of aromatic nitrogens is 1. The zero-order valence-electron chi connectivity index (χ0n) is 8.39. The highest BCUT2D eigenvalue weighted by atomic mass is 19.1. The number of nitrogens with two attached hydrogens (primary N) is 1. The molecule has 15 heavy (non-hydrogen) atoms. The molecule has 0 spiro atoms. The van der Waals surface area contributed by atoms with Crippen molar-refractivity contribution in [3.63, 3.8) is 0 Å². The highest BCUT2D eigenvalue weighted by Crippen LogP contribution is 2.37. The maximum Gasteiger partial charge on any atom is 0.123 e. The van der Waals surface area contributed by atoms with Crippen LogP contribution >= 0.6 is 0 Å². The monoisotopic (exact) mass is 204 g/mol. The molecule has 0 fully saturated rings. The van der Waals surface area contributed by atoms with Gasteiger partial charge in [-0.25, -0.2) is 4.39 Å². The van der Waals surface area contributed by atoms with E-state index in [9.17, 15) is 4.39 Å². The smallest absolute Gasteiger partial charge is 0.123 e. The summed E-state index contributed by atoms with van der Waals surface area (Å²) in [7, 11) is 0. The number of aryl methyl sites for hydroxylation is 1. The van der Waals surface area contributed by atoms with E-state index < -0.39 is 0 Å². The molecule has 1 aliphatic rings. The summed E-state index contributed by atoms with van der Waals surface area (Å²) in [6.45, 7) is 0.669. The predicted molar refractivity (Wildman–Crippen MR) is 58.4 cm³/mol. The Morgan fingerprint density at radius 3 is 3.13 bits per heavy atom. The second-order valence-corrected chi connectivity index (χ2v) is 4.18. The molecule has 3 N–H and O–H groups in total. The van der Waals surface area contributed by atoms with E-state index in [0.29, 0.717) is 12.5 Å². The van der Waals surface area contributed by atoms with Crippen LogP contribution in [0.2, 0.25) is 0 Å². The first-order valence-electron chi connectivity index (χ1n) is 5.29. The van der Waals surface area contributed by atoms with Crippen LogP contribution in [0.5, 0.6) is 0 Å². The summed E-state index contributed by atoms with van der Waals surface area (Å²) < 4.78 is 13.1. The van der Waals surface area contributed by atoms with Crippen LogP contribution in [-0.2, 0) is 6.42 Å². The number of hydrogen-bond acceptors (Lipinski definition) is 1. The summed E-state index contributed by atoms with van der Waals surface area (Å²) in [6.07, 6.45) is 2.10. The minimum atomic E-state index is -0.166. The largest absolute Gasteiger partial charge is 0.358 e. The van der Waals surface area contributed by atoms with Gasteiger partial charge in [-0.2, -0.15) is 0 Å².